The Bertz CT molecular complexity index is 1810. The van der Waals surface area contributed by atoms with Gasteiger partial charge in [0.1, 0.15) is 15.7 Å². The lowest BCUT2D eigenvalue weighted by atomic mass is 10.1. The van der Waals surface area contributed by atoms with Crippen LogP contribution in [0.2, 0.25) is 0 Å². The summed E-state index contributed by atoms with van der Waals surface area (Å²) in [4.78, 5) is 31.8. The number of carbonyl (C=O) groups excluding carboxylic acids is 1. The zero-order valence-electron chi connectivity index (χ0n) is 19.3. The van der Waals surface area contributed by atoms with Gasteiger partial charge in [0, 0.05) is 5.56 Å². The molecule has 5 rings (SSSR count). The standard InChI is InChI=1S/C26H19N5O3S2/c1-3-34-25(33)19(15-27)24-30(18-12-8-5-9-13-18)23(32)21(36-24)14-20-22(17-10-6-4-7-11-17)28-26-31(20)29-16(2)35-26/h4-14H,3H2,1-2H3/b21-14-,24-19-. The number of para-hydroxylation sites is 1. The van der Waals surface area contributed by atoms with Crippen molar-refractivity contribution < 1.29 is 9.53 Å². The molecule has 0 N–H and O–H groups in total. The van der Waals surface area contributed by atoms with E-state index in [2.05, 4.69) is 5.10 Å². The smallest absolute Gasteiger partial charge is 0.351 e. The highest BCUT2D eigenvalue weighted by Gasteiger charge is 2.20. The first-order chi connectivity index (χ1) is 17.5. The molecule has 0 atom stereocenters. The number of aryl methyl sites for hydroxylation is 1. The van der Waals surface area contributed by atoms with Crippen LogP contribution in [0.4, 0.5) is 0 Å². The third-order valence-electron chi connectivity index (χ3n) is 5.30. The van der Waals surface area contributed by atoms with E-state index in [4.69, 9.17) is 9.72 Å². The van der Waals surface area contributed by atoms with Crippen LogP contribution in [0.1, 0.15) is 17.6 Å². The SMILES string of the molecule is CCOC(=O)/C(C#N)=c1\s/c(=C\c2c(-c3ccccc3)nc3sc(C)nn23)c(=O)n1-c1ccccc1. The van der Waals surface area contributed by atoms with Crippen molar-refractivity contribution in [2.45, 2.75) is 13.8 Å². The number of imidazole rings is 1. The fourth-order valence-electron chi connectivity index (χ4n) is 3.77. The highest BCUT2D eigenvalue weighted by Crippen LogP contribution is 2.27. The van der Waals surface area contributed by atoms with E-state index >= 15 is 0 Å². The maximum Gasteiger partial charge on any atom is 0.351 e. The molecule has 0 saturated heterocycles. The van der Waals surface area contributed by atoms with E-state index in [0.717, 1.165) is 21.9 Å². The summed E-state index contributed by atoms with van der Waals surface area (Å²) in [6.07, 6.45) is 1.72. The van der Waals surface area contributed by atoms with Crippen molar-refractivity contribution in [1.29, 1.82) is 5.26 Å². The molecule has 0 unspecified atom stereocenters. The molecule has 178 valence electrons. The van der Waals surface area contributed by atoms with E-state index < -0.39 is 5.97 Å². The number of esters is 1. The Balaban J connectivity index is 1.87. The van der Waals surface area contributed by atoms with E-state index in [1.807, 2.05) is 49.4 Å². The number of carbonyl (C=O) groups is 1. The third kappa shape index (κ3) is 4.15. The molecule has 5 aromatic rings. The zero-order valence-corrected chi connectivity index (χ0v) is 21.0. The molecule has 0 fully saturated rings. The van der Waals surface area contributed by atoms with Crippen LogP contribution in [0.25, 0.3) is 33.6 Å². The number of nitrogens with zero attached hydrogens (tertiary/aromatic N) is 5. The monoisotopic (exact) mass is 513 g/mol. The molecule has 3 aromatic heterocycles. The average molecular weight is 514 g/mol. The molecule has 0 aliphatic carbocycles. The Labute approximate surface area is 213 Å². The molecule has 0 aliphatic heterocycles. The molecular formula is C26H19N5O3S2. The lowest BCUT2D eigenvalue weighted by Crippen LogP contribution is -2.31. The van der Waals surface area contributed by atoms with Gasteiger partial charge in [0.25, 0.3) is 5.56 Å². The van der Waals surface area contributed by atoms with Crippen molar-refractivity contribution >= 4 is 45.3 Å². The van der Waals surface area contributed by atoms with Crippen molar-refractivity contribution in [3.8, 4) is 23.0 Å². The van der Waals surface area contributed by atoms with Gasteiger partial charge in [-0.15, -0.1) is 11.3 Å². The van der Waals surface area contributed by atoms with Crippen molar-refractivity contribution in [2.75, 3.05) is 6.61 Å². The summed E-state index contributed by atoms with van der Waals surface area (Å²) in [5.41, 5.74) is 2.16. The summed E-state index contributed by atoms with van der Waals surface area (Å²) in [6.45, 7) is 3.67. The lowest BCUT2D eigenvalue weighted by Gasteiger charge is -2.03. The zero-order chi connectivity index (χ0) is 25.2. The number of fused-ring (bicyclic) bond motifs is 1. The number of hydrogen-bond acceptors (Lipinski definition) is 8. The van der Waals surface area contributed by atoms with Crippen LogP contribution in [0.15, 0.2) is 65.5 Å². The van der Waals surface area contributed by atoms with Crippen LogP contribution in [0.5, 0.6) is 0 Å². The second kappa shape index (κ2) is 9.73. The normalized spacial score (nSPS) is 12.5. The number of benzene rings is 2. The van der Waals surface area contributed by atoms with Crippen LogP contribution >= 0.6 is 22.7 Å². The van der Waals surface area contributed by atoms with E-state index in [1.165, 1.54) is 15.9 Å². The predicted molar refractivity (Wildman–Crippen MR) is 139 cm³/mol. The van der Waals surface area contributed by atoms with Gasteiger partial charge in [-0.25, -0.2) is 14.3 Å². The van der Waals surface area contributed by atoms with Gasteiger partial charge in [0.05, 0.1) is 28.2 Å². The van der Waals surface area contributed by atoms with Crippen LogP contribution < -0.4 is 14.8 Å². The Hall–Kier alpha value is -4.33. The molecule has 0 amide bonds. The average Bonchev–Trinajstić information content (AvgIpc) is 3.52. The lowest BCUT2D eigenvalue weighted by molar-refractivity contribution is -0.136. The van der Waals surface area contributed by atoms with Crippen LogP contribution in [0, 0.1) is 18.3 Å². The van der Waals surface area contributed by atoms with Crippen molar-refractivity contribution in [1.82, 2.24) is 19.2 Å². The summed E-state index contributed by atoms with van der Waals surface area (Å²) in [6, 6.07) is 20.5. The summed E-state index contributed by atoms with van der Waals surface area (Å²) >= 11 is 2.51. The third-order valence-corrected chi connectivity index (χ3v) is 7.21. The van der Waals surface area contributed by atoms with Crippen LogP contribution in [0.3, 0.4) is 0 Å². The molecule has 0 bridgehead atoms. The second-order valence-corrected chi connectivity index (χ2v) is 9.82. The Kier molecular flexibility index (Phi) is 6.33. The quantitative estimate of drug-likeness (QED) is 0.335. The number of thiazole rings is 1. The largest absolute Gasteiger partial charge is 0.462 e. The van der Waals surface area contributed by atoms with Gasteiger partial charge >= 0.3 is 5.97 Å². The van der Waals surface area contributed by atoms with Gasteiger partial charge < -0.3 is 4.74 Å². The summed E-state index contributed by atoms with van der Waals surface area (Å²) in [5, 5.41) is 15.2. The summed E-state index contributed by atoms with van der Waals surface area (Å²) < 4.78 is 8.72. The van der Waals surface area contributed by atoms with Crippen LogP contribution in [-0.2, 0) is 9.53 Å². The first-order valence-corrected chi connectivity index (χ1v) is 12.7. The molecule has 0 aliphatic rings. The number of rotatable bonds is 5. The Morgan fingerprint density at radius 1 is 1.11 bits per heavy atom. The maximum absolute atomic E-state index is 13.7. The van der Waals surface area contributed by atoms with Crippen molar-refractivity contribution in [3.63, 3.8) is 0 Å². The number of ether oxygens (including phenoxy) is 1. The Morgan fingerprint density at radius 2 is 1.81 bits per heavy atom. The number of hydrogen-bond donors (Lipinski definition) is 0. The van der Waals surface area contributed by atoms with Gasteiger partial charge in [-0.2, -0.15) is 10.4 Å². The first-order valence-electron chi connectivity index (χ1n) is 11.0. The minimum atomic E-state index is -0.774. The highest BCUT2D eigenvalue weighted by molar-refractivity contribution is 7.16. The molecule has 8 nitrogen and oxygen atoms in total. The number of aromatic nitrogens is 4. The number of nitriles is 1. The molecule has 36 heavy (non-hydrogen) atoms. The molecule has 10 heteroatoms. The van der Waals surface area contributed by atoms with Gasteiger partial charge in [-0.1, -0.05) is 59.9 Å². The van der Waals surface area contributed by atoms with Gasteiger partial charge in [-0.3, -0.25) is 9.36 Å². The van der Waals surface area contributed by atoms with Crippen molar-refractivity contribution in [3.05, 3.63) is 90.9 Å². The maximum atomic E-state index is 13.7. The fourth-order valence-corrected chi connectivity index (χ4v) is 5.58. The molecule has 2 aromatic carbocycles. The van der Waals surface area contributed by atoms with Crippen molar-refractivity contribution in [2.24, 2.45) is 0 Å². The van der Waals surface area contributed by atoms with E-state index in [1.54, 1.807) is 41.8 Å². The minimum absolute atomic E-state index is 0.112. The second-order valence-electron chi connectivity index (χ2n) is 7.63. The summed E-state index contributed by atoms with van der Waals surface area (Å²) in [7, 11) is 0. The van der Waals surface area contributed by atoms with E-state index in [-0.39, 0.29) is 22.4 Å². The first kappa shape index (κ1) is 23.4. The molecule has 0 spiro atoms. The molecule has 0 saturated carbocycles. The van der Waals surface area contributed by atoms with E-state index in [0.29, 0.717) is 26.6 Å². The molecule has 0 radical (unpaired) electrons. The molecular weight excluding hydrogens is 494 g/mol. The van der Waals surface area contributed by atoms with E-state index in [9.17, 15) is 14.9 Å². The highest BCUT2D eigenvalue weighted by atomic mass is 32.1. The summed E-state index contributed by atoms with van der Waals surface area (Å²) in [5.74, 6) is -0.774. The fraction of sp³-hybridized carbons (Fsp3) is 0.115. The van der Waals surface area contributed by atoms with Gasteiger partial charge in [0.2, 0.25) is 4.96 Å². The van der Waals surface area contributed by atoms with Gasteiger partial charge in [0.15, 0.2) is 5.57 Å². The topological polar surface area (TPSA) is 102 Å². The van der Waals surface area contributed by atoms with Gasteiger partial charge in [-0.05, 0) is 32.1 Å². The van der Waals surface area contributed by atoms with Crippen LogP contribution in [-0.4, -0.2) is 31.7 Å². The molecule has 3 heterocycles. The predicted octanol–water partition coefficient (Wildman–Crippen LogP) is 3.04. The Morgan fingerprint density at radius 3 is 2.47 bits per heavy atom. The minimum Gasteiger partial charge on any atom is -0.462 e.